The van der Waals surface area contributed by atoms with Gasteiger partial charge in [-0.1, -0.05) is 17.7 Å². The number of rotatable bonds is 7. The summed E-state index contributed by atoms with van der Waals surface area (Å²) in [5, 5.41) is 2.94. The fourth-order valence-electron chi connectivity index (χ4n) is 2.85. The Morgan fingerprint density at radius 2 is 2.04 bits per heavy atom. The minimum absolute atomic E-state index is 0.0716. The van der Waals surface area contributed by atoms with E-state index in [-0.39, 0.29) is 30.2 Å². The Labute approximate surface area is 150 Å². The zero-order chi connectivity index (χ0) is 18.4. The molecule has 1 aromatic rings. The third-order valence-electron chi connectivity index (χ3n) is 4.42. The zero-order valence-corrected chi connectivity index (χ0v) is 16.0. The zero-order valence-electron chi connectivity index (χ0n) is 15.2. The van der Waals surface area contributed by atoms with E-state index in [1.54, 1.807) is 6.92 Å². The molecule has 1 aliphatic heterocycles. The number of aryl methyl sites for hydroxylation is 1. The molecule has 1 fully saturated rings. The first-order valence-electron chi connectivity index (χ1n) is 8.79. The van der Waals surface area contributed by atoms with Gasteiger partial charge in [-0.05, 0) is 45.7 Å². The quantitative estimate of drug-likeness (QED) is 0.798. The minimum Gasteiger partial charge on any atom is -0.491 e. The third kappa shape index (κ3) is 5.71. The van der Waals surface area contributed by atoms with Gasteiger partial charge in [0, 0.05) is 13.1 Å². The number of hydrogen-bond donors (Lipinski definition) is 1. The maximum atomic E-state index is 12.4. The molecular formula is C18H28N2O4S. The van der Waals surface area contributed by atoms with E-state index >= 15 is 0 Å². The van der Waals surface area contributed by atoms with Gasteiger partial charge in [-0.25, -0.2) is 12.7 Å². The molecule has 1 saturated heterocycles. The normalized spacial score (nSPS) is 20.0. The Morgan fingerprint density at radius 1 is 1.36 bits per heavy atom. The predicted molar refractivity (Wildman–Crippen MR) is 98.0 cm³/mol. The smallest absolute Gasteiger partial charge is 0.224 e. The van der Waals surface area contributed by atoms with Crippen molar-refractivity contribution < 1.29 is 17.9 Å². The summed E-state index contributed by atoms with van der Waals surface area (Å²) in [5.74, 6) is 0.444. The van der Waals surface area contributed by atoms with Crippen LogP contribution in [0.4, 0.5) is 0 Å². The first kappa shape index (κ1) is 19.7. The lowest BCUT2D eigenvalue weighted by atomic mass is 9.98. The number of nitrogens with one attached hydrogen (secondary N) is 1. The molecule has 7 heteroatoms. The first-order chi connectivity index (χ1) is 11.8. The fourth-order valence-corrected chi connectivity index (χ4v) is 4.03. The van der Waals surface area contributed by atoms with Gasteiger partial charge in [0.25, 0.3) is 0 Å². The number of benzene rings is 1. The molecule has 1 amide bonds. The molecule has 2 atom stereocenters. The number of carbonyl (C=O) groups excluding carboxylic acids is 1. The molecule has 0 aliphatic carbocycles. The summed E-state index contributed by atoms with van der Waals surface area (Å²) >= 11 is 0. The monoisotopic (exact) mass is 368 g/mol. The van der Waals surface area contributed by atoms with E-state index in [0.717, 1.165) is 11.3 Å². The van der Waals surface area contributed by atoms with Gasteiger partial charge in [0.15, 0.2) is 0 Å². The molecule has 140 valence electrons. The van der Waals surface area contributed by atoms with Crippen LogP contribution in [0.3, 0.4) is 0 Å². The summed E-state index contributed by atoms with van der Waals surface area (Å²) < 4.78 is 31.1. The topological polar surface area (TPSA) is 75.7 Å². The fraction of sp³-hybridized carbons (Fsp3) is 0.611. The van der Waals surface area contributed by atoms with E-state index in [9.17, 15) is 13.2 Å². The van der Waals surface area contributed by atoms with Crippen LogP contribution in [0.5, 0.6) is 5.75 Å². The number of sulfonamides is 1. The molecule has 0 saturated carbocycles. The standard InChI is InChI=1S/C18H28N2O4S/c1-4-25(22,23)20-11-5-6-16(12-20)18(21)19-15(3)13-24-17-9-7-14(2)8-10-17/h7-10,15-16H,4-6,11-13H2,1-3H3,(H,19,21)/t15-,16-/m0/s1. The number of piperidine rings is 1. The molecule has 6 nitrogen and oxygen atoms in total. The van der Waals surface area contributed by atoms with Gasteiger partial charge in [0.2, 0.25) is 15.9 Å². The molecule has 0 spiro atoms. The lowest BCUT2D eigenvalue weighted by Crippen LogP contribution is -2.48. The molecule has 25 heavy (non-hydrogen) atoms. The molecule has 1 N–H and O–H groups in total. The molecule has 0 radical (unpaired) electrons. The predicted octanol–water partition coefficient (Wildman–Crippen LogP) is 1.94. The van der Waals surface area contributed by atoms with E-state index in [0.29, 0.717) is 26.0 Å². The summed E-state index contributed by atoms with van der Waals surface area (Å²) in [7, 11) is -3.24. The molecule has 0 unspecified atom stereocenters. The molecule has 0 bridgehead atoms. The number of ether oxygens (including phenoxy) is 1. The summed E-state index contributed by atoms with van der Waals surface area (Å²) in [6, 6.07) is 7.61. The molecule has 1 aromatic carbocycles. The van der Waals surface area contributed by atoms with Crippen molar-refractivity contribution in [3.05, 3.63) is 29.8 Å². The van der Waals surface area contributed by atoms with Gasteiger partial charge in [-0.2, -0.15) is 0 Å². The van der Waals surface area contributed by atoms with Gasteiger partial charge < -0.3 is 10.1 Å². The van der Waals surface area contributed by atoms with Crippen LogP contribution >= 0.6 is 0 Å². The summed E-state index contributed by atoms with van der Waals surface area (Å²) in [6.45, 7) is 6.68. The van der Waals surface area contributed by atoms with Gasteiger partial charge in [-0.3, -0.25) is 4.79 Å². The first-order valence-corrected chi connectivity index (χ1v) is 10.4. The lowest BCUT2D eigenvalue weighted by Gasteiger charge is -2.31. The Balaban J connectivity index is 1.82. The highest BCUT2D eigenvalue weighted by Gasteiger charge is 2.31. The third-order valence-corrected chi connectivity index (χ3v) is 6.27. The van der Waals surface area contributed by atoms with Crippen molar-refractivity contribution in [3.8, 4) is 5.75 Å². The van der Waals surface area contributed by atoms with Crippen LogP contribution in [-0.2, 0) is 14.8 Å². The molecule has 0 aromatic heterocycles. The number of amides is 1. The van der Waals surface area contributed by atoms with Crippen molar-refractivity contribution in [2.24, 2.45) is 5.92 Å². The average molecular weight is 368 g/mol. The van der Waals surface area contributed by atoms with Crippen LogP contribution in [0, 0.1) is 12.8 Å². The van der Waals surface area contributed by atoms with Crippen molar-refractivity contribution in [1.29, 1.82) is 0 Å². The Morgan fingerprint density at radius 3 is 2.68 bits per heavy atom. The largest absolute Gasteiger partial charge is 0.491 e. The van der Waals surface area contributed by atoms with Crippen LogP contribution in [0.15, 0.2) is 24.3 Å². The van der Waals surface area contributed by atoms with Crippen LogP contribution < -0.4 is 10.1 Å². The van der Waals surface area contributed by atoms with Gasteiger partial charge in [0.05, 0.1) is 17.7 Å². The maximum Gasteiger partial charge on any atom is 0.224 e. The number of carbonyl (C=O) groups is 1. The van der Waals surface area contributed by atoms with Gasteiger partial charge in [0.1, 0.15) is 12.4 Å². The maximum absolute atomic E-state index is 12.4. The molecule has 2 rings (SSSR count). The SMILES string of the molecule is CCS(=O)(=O)N1CCC[C@H](C(=O)N[C@@H](C)COc2ccc(C)cc2)C1. The van der Waals surface area contributed by atoms with E-state index in [4.69, 9.17) is 4.74 Å². The van der Waals surface area contributed by atoms with Gasteiger partial charge >= 0.3 is 0 Å². The average Bonchev–Trinajstić information content (AvgIpc) is 2.61. The van der Waals surface area contributed by atoms with Crippen molar-refractivity contribution in [1.82, 2.24) is 9.62 Å². The van der Waals surface area contributed by atoms with E-state index in [1.165, 1.54) is 4.31 Å². The number of hydrogen-bond acceptors (Lipinski definition) is 4. The Hall–Kier alpha value is -1.60. The second-order valence-corrected chi connectivity index (χ2v) is 8.89. The molecular weight excluding hydrogens is 340 g/mol. The highest BCUT2D eigenvalue weighted by Crippen LogP contribution is 2.20. The Bertz CT molecular complexity index is 673. The van der Waals surface area contributed by atoms with Crippen molar-refractivity contribution >= 4 is 15.9 Å². The van der Waals surface area contributed by atoms with Crippen LogP contribution in [0.2, 0.25) is 0 Å². The molecule has 1 heterocycles. The van der Waals surface area contributed by atoms with E-state index in [1.807, 2.05) is 38.1 Å². The summed E-state index contributed by atoms with van der Waals surface area (Å²) in [4.78, 5) is 12.4. The van der Waals surface area contributed by atoms with Crippen molar-refractivity contribution in [3.63, 3.8) is 0 Å². The molecule has 1 aliphatic rings. The van der Waals surface area contributed by atoms with Gasteiger partial charge in [-0.15, -0.1) is 0 Å². The highest BCUT2D eigenvalue weighted by atomic mass is 32.2. The number of nitrogens with zero attached hydrogens (tertiary/aromatic N) is 1. The van der Waals surface area contributed by atoms with Crippen molar-refractivity contribution in [2.75, 3.05) is 25.4 Å². The van der Waals surface area contributed by atoms with Crippen LogP contribution in [-0.4, -0.2) is 50.1 Å². The lowest BCUT2D eigenvalue weighted by molar-refractivity contribution is -0.126. The minimum atomic E-state index is -3.24. The summed E-state index contributed by atoms with van der Waals surface area (Å²) in [6.07, 6.45) is 1.43. The van der Waals surface area contributed by atoms with Crippen LogP contribution in [0.25, 0.3) is 0 Å². The summed E-state index contributed by atoms with van der Waals surface area (Å²) in [5.41, 5.74) is 1.16. The second kappa shape index (κ2) is 8.67. The van der Waals surface area contributed by atoms with Crippen molar-refractivity contribution in [2.45, 2.75) is 39.7 Å². The van der Waals surface area contributed by atoms with Crippen LogP contribution in [0.1, 0.15) is 32.3 Å². The Kier molecular flexibility index (Phi) is 6.84. The van der Waals surface area contributed by atoms with E-state index < -0.39 is 10.0 Å². The van der Waals surface area contributed by atoms with E-state index in [2.05, 4.69) is 5.32 Å². The second-order valence-electron chi connectivity index (χ2n) is 6.63. The highest BCUT2D eigenvalue weighted by molar-refractivity contribution is 7.89.